The number of carbonyl (C=O) groups excluding carboxylic acids is 2. The standard InChI is InChI=1S/C18H17NO4/c1-3-22-18(21)11-10-17(19-23-13(2)20)16-9-8-14-6-4-5-7-15(14)12-16/h4-12H,3H2,1-2H3. The molecule has 2 aromatic rings. The Balaban J connectivity index is 2.36. The number of hydrogen-bond acceptors (Lipinski definition) is 5. The number of allylic oxidation sites excluding steroid dienone is 1. The van der Waals surface area contributed by atoms with Gasteiger partial charge in [0.2, 0.25) is 0 Å². The maximum atomic E-state index is 11.5. The number of ether oxygens (including phenoxy) is 1. The third kappa shape index (κ3) is 4.78. The number of benzene rings is 2. The highest BCUT2D eigenvalue weighted by Gasteiger charge is 2.05. The van der Waals surface area contributed by atoms with Crippen molar-refractivity contribution in [2.24, 2.45) is 5.16 Å². The molecule has 0 unspecified atom stereocenters. The lowest BCUT2D eigenvalue weighted by atomic mass is 10.0. The van der Waals surface area contributed by atoms with Crippen LogP contribution in [0.4, 0.5) is 0 Å². The summed E-state index contributed by atoms with van der Waals surface area (Å²) in [6.07, 6.45) is 2.71. The highest BCUT2D eigenvalue weighted by Crippen LogP contribution is 2.16. The molecule has 0 bridgehead atoms. The third-order valence-corrected chi connectivity index (χ3v) is 2.98. The summed E-state index contributed by atoms with van der Waals surface area (Å²) >= 11 is 0. The van der Waals surface area contributed by atoms with Crippen LogP contribution in [0, 0.1) is 0 Å². The van der Waals surface area contributed by atoms with Gasteiger partial charge in [-0.15, -0.1) is 0 Å². The highest BCUT2D eigenvalue weighted by molar-refractivity contribution is 6.12. The van der Waals surface area contributed by atoms with E-state index >= 15 is 0 Å². The van der Waals surface area contributed by atoms with Gasteiger partial charge >= 0.3 is 11.9 Å². The van der Waals surface area contributed by atoms with Gasteiger partial charge in [-0.2, -0.15) is 0 Å². The fraction of sp³-hybridized carbons (Fsp3) is 0.167. The fourth-order valence-electron chi connectivity index (χ4n) is 1.98. The van der Waals surface area contributed by atoms with Gasteiger partial charge in [0.05, 0.1) is 6.61 Å². The molecule has 0 aliphatic rings. The SMILES string of the molecule is CCOC(=O)C=CC(=NOC(C)=O)c1ccc2ccccc2c1. The third-order valence-electron chi connectivity index (χ3n) is 2.98. The first kappa shape index (κ1) is 16.4. The zero-order chi connectivity index (χ0) is 16.7. The smallest absolute Gasteiger partial charge is 0.332 e. The molecule has 23 heavy (non-hydrogen) atoms. The first-order chi connectivity index (χ1) is 11.1. The normalized spacial score (nSPS) is 11.7. The monoisotopic (exact) mass is 311 g/mol. The van der Waals surface area contributed by atoms with Crippen molar-refractivity contribution in [2.75, 3.05) is 6.61 Å². The largest absolute Gasteiger partial charge is 0.463 e. The van der Waals surface area contributed by atoms with E-state index in [1.165, 1.54) is 19.1 Å². The summed E-state index contributed by atoms with van der Waals surface area (Å²) < 4.78 is 4.84. The van der Waals surface area contributed by atoms with Crippen molar-refractivity contribution < 1.29 is 19.2 Å². The van der Waals surface area contributed by atoms with Crippen molar-refractivity contribution in [1.29, 1.82) is 0 Å². The van der Waals surface area contributed by atoms with E-state index in [4.69, 9.17) is 9.57 Å². The van der Waals surface area contributed by atoms with Crippen LogP contribution in [0.15, 0.2) is 59.8 Å². The average molecular weight is 311 g/mol. The molecule has 0 saturated heterocycles. The van der Waals surface area contributed by atoms with Crippen LogP contribution in [0.25, 0.3) is 10.8 Å². The minimum Gasteiger partial charge on any atom is -0.463 e. The molecule has 2 aromatic carbocycles. The lowest BCUT2D eigenvalue weighted by molar-refractivity contribution is -0.141. The number of oxime groups is 1. The number of fused-ring (bicyclic) bond motifs is 1. The number of carbonyl (C=O) groups is 2. The summed E-state index contributed by atoms with van der Waals surface area (Å²) in [4.78, 5) is 27.2. The predicted octanol–water partition coefficient (Wildman–Crippen LogP) is 3.23. The van der Waals surface area contributed by atoms with Gasteiger partial charge < -0.3 is 9.57 Å². The maximum absolute atomic E-state index is 11.5. The molecule has 5 heteroatoms. The second-order valence-corrected chi connectivity index (χ2v) is 4.71. The number of rotatable bonds is 5. The Morgan fingerprint density at radius 1 is 1.09 bits per heavy atom. The van der Waals surface area contributed by atoms with Crippen LogP contribution in [0.5, 0.6) is 0 Å². The van der Waals surface area contributed by atoms with E-state index in [9.17, 15) is 9.59 Å². The minimum atomic E-state index is -0.534. The number of nitrogens with zero attached hydrogens (tertiary/aromatic N) is 1. The second kappa shape index (κ2) is 7.89. The molecule has 0 spiro atoms. The van der Waals surface area contributed by atoms with Crippen LogP contribution in [0.3, 0.4) is 0 Å². The van der Waals surface area contributed by atoms with E-state index in [1.807, 2.05) is 42.5 Å². The lowest BCUT2D eigenvalue weighted by Crippen LogP contribution is -2.04. The lowest BCUT2D eigenvalue weighted by Gasteiger charge is -2.04. The van der Waals surface area contributed by atoms with Crippen molar-refractivity contribution in [3.63, 3.8) is 0 Å². The number of hydrogen-bond donors (Lipinski definition) is 0. The van der Waals surface area contributed by atoms with Gasteiger partial charge in [0, 0.05) is 18.6 Å². The van der Waals surface area contributed by atoms with Crippen molar-refractivity contribution in [3.05, 3.63) is 60.2 Å². The summed E-state index contributed by atoms with van der Waals surface area (Å²) in [6, 6.07) is 13.5. The van der Waals surface area contributed by atoms with Crippen molar-refractivity contribution in [1.82, 2.24) is 0 Å². The Kier molecular flexibility index (Phi) is 5.63. The van der Waals surface area contributed by atoms with Gasteiger partial charge in [-0.3, -0.25) is 0 Å². The van der Waals surface area contributed by atoms with Crippen LogP contribution in [-0.4, -0.2) is 24.3 Å². The van der Waals surface area contributed by atoms with Crippen LogP contribution in [0.2, 0.25) is 0 Å². The van der Waals surface area contributed by atoms with Crippen LogP contribution in [-0.2, 0) is 19.2 Å². The highest BCUT2D eigenvalue weighted by atomic mass is 16.7. The molecule has 0 heterocycles. The van der Waals surface area contributed by atoms with Crippen LogP contribution in [0.1, 0.15) is 19.4 Å². The Hall–Kier alpha value is -2.95. The zero-order valence-corrected chi connectivity index (χ0v) is 13.0. The van der Waals surface area contributed by atoms with Crippen molar-refractivity contribution >= 4 is 28.4 Å². The van der Waals surface area contributed by atoms with Crippen molar-refractivity contribution in [3.8, 4) is 0 Å². The van der Waals surface area contributed by atoms with Gasteiger partial charge in [-0.1, -0.05) is 41.6 Å². The molecule has 118 valence electrons. The molecule has 0 aromatic heterocycles. The van der Waals surface area contributed by atoms with Gasteiger partial charge in [0.1, 0.15) is 5.71 Å². The molecule has 0 saturated carbocycles. The summed E-state index contributed by atoms with van der Waals surface area (Å²) in [5, 5.41) is 5.90. The Labute approximate surface area is 134 Å². The maximum Gasteiger partial charge on any atom is 0.332 e. The predicted molar refractivity (Wildman–Crippen MR) is 88.0 cm³/mol. The van der Waals surface area contributed by atoms with Crippen LogP contribution >= 0.6 is 0 Å². The fourth-order valence-corrected chi connectivity index (χ4v) is 1.98. The van der Waals surface area contributed by atoms with E-state index in [1.54, 1.807) is 6.92 Å². The van der Waals surface area contributed by atoms with E-state index in [0.717, 1.165) is 16.3 Å². The van der Waals surface area contributed by atoms with Gasteiger partial charge in [0.25, 0.3) is 0 Å². The number of esters is 1. The van der Waals surface area contributed by atoms with E-state index in [2.05, 4.69) is 5.16 Å². The van der Waals surface area contributed by atoms with E-state index in [-0.39, 0.29) is 6.61 Å². The van der Waals surface area contributed by atoms with Crippen molar-refractivity contribution in [2.45, 2.75) is 13.8 Å². The molecule has 0 N–H and O–H groups in total. The molecule has 5 nitrogen and oxygen atoms in total. The zero-order valence-electron chi connectivity index (χ0n) is 13.0. The molecular weight excluding hydrogens is 294 g/mol. The quantitative estimate of drug-likeness (QED) is 0.279. The minimum absolute atomic E-state index is 0.287. The molecule has 0 amide bonds. The molecule has 0 aliphatic heterocycles. The molecule has 0 fully saturated rings. The molecule has 0 atom stereocenters. The van der Waals surface area contributed by atoms with E-state index < -0.39 is 11.9 Å². The van der Waals surface area contributed by atoms with Crippen LogP contribution < -0.4 is 0 Å². The summed E-state index contributed by atoms with van der Waals surface area (Å²) in [5.74, 6) is -1.02. The Morgan fingerprint density at radius 3 is 2.52 bits per heavy atom. The molecule has 2 rings (SSSR count). The molecule has 0 aliphatic carbocycles. The molecule has 0 radical (unpaired) electrons. The van der Waals surface area contributed by atoms with E-state index in [0.29, 0.717) is 5.71 Å². The first-order valence-electron chi connectivity index (χ1n) is 7.19. The van der Waals surface area contributed by atoms with Gasteiger partial charge in [0.15, 0.2) is 0 Å². The molecular formula is C18H17NO4. The Morgan fingerprint density at radius 2 is 1.83 bits per heavy atom. The summed E-state index contributed by atoms with van der Waals surface area (Å²) in [6.45, 7) is 3.27. The topological polar surface area (TPSA) is 65.0 Å². The average Bonchev–Trinajstić information content (AvgIpc) is 2.54. The Bertz CT molecular complexity index is 777. The second-order valence-electron chi connectivity index (χ2n) is 4.71. The first-order valence-corrected chi connectivity index (χ1v) is 7.19. The summed E-state index contributed by atoms with van der Waals surface area (Å²) in [5.41, 5.74) is 1.09. The summed E-state index contributed by atoms with van der Waals surface area (Å²) in [7, 11) is 0. The van der Waals surface area contributed by atoms with Gasteiger partial charge in [-0.25, -0.2) is 9.59 Å². The van der Waals surface area contributed by atoms with Gasteiger partial charge in [-0.05, 0) is 29.8 Å².